The average molecular weight is 384 g/mol. The summed E-state index contributed by atoms with van der Waals surface area (Å²) in [5, 5.41) is 14.3. The van der Waals surface area contributed by atoms with E-state index in [4.69, 9.17) is 18.9 Å². The molecule has 0 aromatic heterocycles. The molecule has 0 unspecified atom stereocenters. The van der Waals surface area contributed by atoms with Gasteiger partial charge in [-0.3, -0.25) is 4.79 Å². The third kappa shape index (κ3) is 12.6. The summed E-state index contributed by atoms with van der Waals surface area (Å²) in [6, 6.07) is 6.52. The molecule has 27 heavy (non-hydrogen) atoms. The molecule has 3 N–H and O–H groups in total. The Labute approximate surface area is 158 Å². The van der Waals surface area contributed by atoms with Gasteiger partial charge in [-0.25, -0.2) is 4.79 Å². The van der Waals surface area contributed by atoms with Crippen molar-refractivity contribution in [2.75, 3.05) is 59.8 Å². The lowest BCUT2D eigenvalue weighted by atomic mass is 10.1. The number of rotatable bonds is 14. The lowest BCUT2D eigenvalue weighted by molar-refractivity contribution is -0.120. The van der Waals surface area contributed by atoms with Crippen molar-refractivity contribution in [2.24, 2.45) is 0 Å². The fourth-order valence-corrected chi connectivity index (χ4v) is 1.93. The first-order valence-electron chi connectivity index (χ1n) is 8.74. The number of hydrogen-bond donors (Lipinski definition) is 3. The Morgan fingerprint density at radius 3 is 2.04 bits per heavy atom. The molecule has 0 saturated heterocycles. The smallest absolute Gasteiger partial charge is 0.406 e. The predicted octanol–water partition coefficient (Wildman–Crippen LogP) is 0.457. The zero-order chi connectivity index (χ0) is 19.7. The van der Waals surface area contributed by atoms with Gasteiger partial charge >= 0.3 is 6.09 Å². The third-order valence-electron chi connectivity index (χ3n) is 3.28. The fraction of sp³-hybridized carbons (Fsp3) is 0.556. The summed E-state index contributed by atoms with van der Waals surface area (Å²) in [4.78, 5) is 22.5. The molecule has 1 aromatic rings. The van der Waals surface area contributed by atoms with Gasteiger partial charge in [0, 0.05) is 13.6 Å². The molecule has 0 bridgehead atoms. The molecule has 0 saturated carbocycles. The van der Waals surface area contributed by atoms with Crippen molar-refractivity contribution < 1.29 is 33.6 Å². The molecular formula is C18H28N2O7. The van der Waals surface area contributed by atoms with E-state index >= 15 is 0 Å². The first-order valence-corrected chi connectivity index (χ1v) is 8.74. The molecule has 1 aromatic carbocycles. The van der Waals surface area contributed by atoms with Crippen molar-refractivity contribution in [2.45, 2.75) is 6.42 Å². The number of alkyl carbamates (subject to hydrolysis) is 1. The van der Waals surface area contributed by atoms with Crippen molar-refractivity contribution in [3.8, 4) is 5.75 Å². The lowest BCUT2D eigenvalue weighted by Crippen LogP contribution is -2.29. The molecule has 0 radical (unpaired) electrons. The highest BCUT2D eigenvalue weighted by Gasteiger charge is 2.03. The summed E-state index contributed by atoms with van der Waals surface area (Å²) in [6.45, 7) is 3.02. The summed E-state index contributed by atoms with van der Waals surface area (Å²) in [7, 11) is 1.49. The molecule has 2 amide bonds. The highest BCUT2D eigenvalue weighted by Crippen LogP contribution is 2.09. The standard InChI is InChI=1S/C18H28N2O7/c1-19-18(23)27-13-12-26-11-10-25-9-8-24-7-6-20-17(22)14-15-2-4-16(21)5-3-15/h2-5,21H,6-14H2,1H3,(H,19,23)(H,20,22). The van der Waals surface area contributed by atoms with Crippen molar-refractivity contribution >= 4 is 12.0 Å². The van der Waals surface area contributed by atoms with Gasteiger partial charge in [-0.1, -0.05) is 12.1 Å². The molecule has 0 aliphatic heterocycles. The second kappa shape index (κ2) is 14.8. The number of aromatic hydroxyl groups is 1. The van der Waals surface area contributed by atoms with Crippen molar-refractivity contribution in [1.82, 2.24) is 10.6 Å². The maximum Gasteiger partial charge on any atom is 0.406 e. The Bertz CT molecular complexity index is 537. The number of amides is 2. The summed E-state index contributed by atoms with van der Waals surface area (Å²) in [5.41, 5.74) is 0.835. The Kier molecular flexibility index (Phi) is 12.4. The number of benzene rings is 1. The first kappa shape index (κ1) is 22.7. The van der Waals surface area contributed by atoms with Gasteiger partial charge in [-0.05, 0) is 17.7 Å². The first-order chi connectivity index (χ1) is 13.1. The Balaban J connectivity index is 1.84. The molecule has 9 nitrogen and oxygen atoms in total. The van der Waals surface area contributed by atoms with Crippen LogP contribution in [0.3, 0.4) is 0 Å². The summed E-state index contributed by atoms with van der Waals surface area (Å²) < 4.78 is 20.7. The third-order valence-corrected chi connectivity index (χ3v) is 3.28. The van der Waals surface area contributed by atoms with E-state index in [2.05, 4.69) is 10.6 Å². The van der Waals surface area contributed by atoms with Crippen LogP contribution in [-0.2, 0) is 30.2 Å². The monoisotopic (exact) mass is 384 g/mol. The van der Waals surface area contributed by atoms with Gasteiger partial charge < -0.3 is 34.7 Å². The molecule has 0 aliphatic rings. The van der Waals surface area contributed by atoms with Crippen LogP contribution in [0.1, 0.15) is 5.56 Å². The highest BCUT2D eigenvalue weighted by atomic mass is 16.6. The molecule has 0 fully saturated rings. The Morgan fingerprint density at radius 1 is 0.889 bits per heavy atom. The number of carbonyl (C=O) groups is 2. The van der Waals surface area contributed by atoms with Crippen molar-refractivity contribution in [3.05, 3.63) is 29.8 Å². The predicted molar refractivity (Wildman–Crippen MR) is 97.7 cm³/mol. The van der Waals surface area contributed by atoms with E-state index in [1.807, 2.05) is 0 Å². The number of phenols is 1. The van der Waals surface area contributed by atoms with Crippen LogP contribution in [-0.4, -0.2) is 76.9 Å². The molecule has 152 valence electrons. The summed E-state index contributed by atoms with van der Waals surface area (Å²) in [5.74, 6) is 0.0782. The van der Waals surface area contributed by atoms with Gasteiger partial charge in [0.05, 0.1) is 46.1 Å². The minimum atomic E-state index is -0.483. The molecule has 9 heteroatoms. The molecular weight excluding hydrogens is 356 g/mol. The van der Waals surface area contributed by atoms with E-state index in [9.17, 15) is 14.7 Å². The van der Waals surface area contributed by atoms with Crippen molar-refractivity contribution in [1.29, 1.82) is 0 Å². The number of carbonyl (C=O) groups excluding carboxylic acids is 2. The largest absolute Gasteiger partial charge is 0.508 e. The van der Waals surface area contributed by atoms with E-state index in [0.29, 0.717) is 46.2 Å². The normalized spacial score (nSPS) is 10.4. The van der Waals surface area contributed by atoms with Gasteiger partial charge in [-0.2, -0.15) is 0 Å². The number of ether oxygens (including phenoxy) is 4. The van der Waals surface area contributed by atoms with E-state index < -0.39 is 6.09 Å². The second-order valence-electron chi connectivity index (χ2n) is 5.42. The van der Waals surface area contributed by atoms with Gasteiger partial charge in [0.2, 0.25) is 5.91 Å². The van der Waals surface area contributed by atoms with Crippen LogP contribution in [0.15, 0.2) is 24.3 Å². The Morgan fingerprint density at radius 2 is 1.44 bits per heavy atom. The maximum absolute atomic E-state index is 11.7. The number of hydrogen-bond acceptors (Lipinski definition) is 7. The lowest BCUT2D eigenvalue weighted by Gasteiger charge is -2.08. The van der Waals surface area contributed by atoms with Gasteiger partial charge in [0.1, 0.15) is 12.4 Å². The van der Waals surface area contributed by atoms with Crippen LogP contribution in [0.2, 0.25) is 0 Å². The second-order valence-corrected chi connectivity index (χ2v) is 5.42. The van der Waals surface area contributed by atoms with Crippen LogP contribution >= 0.6 is 0 Å². The average Bonchev–Trinajstić information content (AvgIpc) is 2.67. The topological polar surface area (TPSA) is 115 Å². The van der Waals surface area contributed by atoms with E-state index in [1.165, 1.54) is 7.05 Å². The molecule has 0 aliphatic carbocycles. The van der Waals surface area contributed by atoms with E-state index in [0.717, 1.165) is 5.56 Å². The number of phenolic OH excluding ortho intramolecular Hbond substituents is 1. The van der Waals surface area contributed by atoms with Crippen LogP contribution in [0.5, 0.6) is 5.75 Å². The van der Waals surface area contributed by atoms with Crippen LogP contribution in [0.4, 0.5) is 4.79 Å². The quantitative estimate of drug-likeness (QED) is 0.399. The molecule has 0 spiro atoms. The van der Waals surface area contributed by atoms with Crippen LogP contribution < -0.4 is 10.6 Å². The highest BCUT2D eigenvalue weighted by molar-refractivity contribution is 5.78. The van der Waals surface area contributed by atoms with Gasteiger partial charge in [-0.15, -0.1) is 0 Å². The minimum absolute atomic E-state index is 0.0990. The van der Waals surface area contributed by atoms with Gasteiger partial charge in [0.25, 0.3) is 0 Å². The van der Waals surface area contributed by atoms with E-state index in [-0.39, 0.29) is 24.7 Å². The molecule has 0 heterocycles. The van der Waals surface area contributed by atoms with Crippen LogP contribution in [0.25, 0.3) is 0 Å². The van der Waals surface area contributed by atoms with E-state index in [1.54, 1.807) is 24.3 Å². The zero-order valence-electron chi connectivity index (χ0n) is 15.6. The maximum atomic E-state index is 11.7. The molecule has 0 atom stereocenters. The fourth-order valence-electron chi connectivity index (χ4n) is 1.93. The van der Waals surface area contributed by atoms with Gasteiger partial charge in [0.15, 0.2) is 0 Å². The summed E-state index contributed by atoms with van der Waals surface area (Å²) in [6.07, 6.45) is -0.221. The zero-order valence-corrected chi connectivity index (χ0v) is 15.6. The summed E-state index contributed by atoms with van der Waals surface area (Å²) >= 11 is 0. The van der Waals surface area contributed by atoms with Crippen molar-refractivity contribution in [3.63, 3.8) is 0 Å². The number of nitrogens with one attached hydrogen (secondary N) is 2. The minimum Gasteiger partial charge on any atom is -0.508 e. The van der Waals surface area contributed by atoms with Crippen LogP contribution in [0, 0.1) is 0 Å². The Hall–Kier alpha value is -2.36. The molecule has 1 rings (SSSR count). The SMILES string of the molecule is CNC(=O)OCCOCCOCCOCCNC(=O)Cc1ccc(O)cc1.